The zero-order chi connectivity index (χ0) is 13.7. The van der Waals surface area contributed by atoms with Gasteiger partial charge in [-0.1, -0.05) is 26.2 Å². The molecule has 2 N–H and O–H groups in total. The van der Waals surface area contributed by atoms with Crippen molar-refractivity contribution in [1.29, 1.82) is 0 Å². The number of nitrogens with zero attached hydrogens (tertiary/aromatic N) is 1. The number of nitrogens with one attached hydrogen (secondary N) is 1. The highest BCUT2D eigenvalue weighted by Gasteiger charge is 2.36. The summed E-state index contributed by atoms with van der Waals surface area (Å²) in [5.74, 6) is 0.193. The topological polar surface area (TPSA) is 52.6 Å². The smallest absolute Gasteiger partial charge is 0.239 e. The molecule has 1 unspecified atom stereocenters. The molecule has 0 bridgehead atoms. The van der Waals surface area contributed by atoms with Gasteiger partial charge in [0.15, 0.2) is 0 Å². The largest absolute Gasteiger partial charge is 0.388 e. The van der Waals surface area contributed by atoms with Crippen molar-refractivity contribution >= 4 is 5.91 Å². The minimum atomic E-state index is -0.624. The minimum Gasteiger partial charge on any atom is -0.388 e. The molecule has 1 saturated carbocycles. The fraction of sp³-hybridized carbons (Fsp3) is 0.933. The first-order valence-corrected chi connectivity index (χ1v) is 7.89. The van der Waals surface area contributed by atoms with Crippen molar-refractivity contribution in [3.05, 3.63) is 0 Å². The van der Waals surface area contributed by atoms with Gasteiger partial charge in [-0.15, -0.1) is 0 Å². The monoisotopic (exact) mass is 268 g/mol. The van der Waals surface area contributed by atoms with E-state index in [1.54, 1.807) is 0 Å². The van der Waals surface area contributed by atoms with E-state index in [1.165, 1.54) is 6.42 Å². The van der Waals surface area contributed by atoms with Crippen LogP contribution in [0.25, 0.3) is 0 Å². The van der Waals surface area contributed by atoms with Gasteiger partial charge in [0, 0.05) is 13.1 Å². The van der Waals surface area contributed by atoms with Crippen LogP contribution in [0.2, 0.25) is 0 Å². The maximum Gasteiger partial charge on any atom is 0.239 e. The van der Waals surface area contributed by atoms with E-state index < -0.39 is 5.60 Å². The highest BCUT2D eigenvalue weighted by molar-refractivity contribution is 5.82. The van der Waals surface area contributed by atoms with E-state index in [0.717, 1.165) is 58.0 Å². The Balaban J connectivity index is 1.90. The lowest BCUT2D eigenvalue weighted by Crippen LogP contribution is -2.55. The van der Waals surface area contributed by atoms with Crippen LogP contribution in [-0.4, -0.2) is 47.2 Å². The molecule has 0 spiro atoms. The van der Waals surface area contributed by atoms with Crippen LogP contribution >= 0.6 is 0 Å². The number of amides is 1. The molecule has 1 amide bonds. The quantitative estimate of drug-likeness (QED) is 0.797. The van der Waals surface area contributed by atoms with E-state index in [2.05, 4.69) is 12.2 Å². The summed E-state index contributed by atoms with van der Waals surface area (Å²) < 4.78 is 0. The average molecular weight is 268 g/mol. The van der Waals surface area contributed by atoms with Crippen molar-refractivity contribution in [2.45, 2.75) is 69.9 Å². The molecular formula is C15H28N2O2. The maximum atomic E-state index is 12.4. The van der Waals surface area contributed by atoms with E-state index in [9.17, 15) is 9.90 Å². The second-order valence-corrected chi connectivity index (χ2v) is 6.19. The lowest BCUT2D eigenvalue weighted by molar-refractivity contribution is -0.141. The summed E-state index contributed by atoms with van der Waals surface area (Å²) in [6.45, 7) is 4.36. The standard InChI is InChI=1S/C15H28N2O2/c1-2-10-16-13-7-6-11-17(14(13)18)12-15(19)8-4-3-5-9-15/h13,16,19H,2-12H2,1H3. The molecule has 1 atom stereocenters. The lowest BCUT2D eigenvalue weighted by Gasteiger charge is -2.40. The highest BCUT2D eigenvalue weighted by atomic mass is 16.3. The summed E-state index contributed by atoms with van der Waals surface area (Å²) in [5, 5.41) is 13.9. The van der Waals surface area contributed by atoms with Gasteiger partial charge in [-0.3, -0.25) is 4.79 Å². The number of rotatable bonds is 5. The van der Waals surface area contributed by atoms with Gasteiger partial charge in [0.1, 0.15) is 0 Å². The van der Waals surface area contributed by atoms with Gasteiger partial charge in [0.2, 0.25) is 5.91 Å². The predicted molar refractivity (Wildman–Crippen MR) is 75.9 cm³/mol. The number of piperidine rings is 1. The fourth-order valence-electron chi connectivity index (χ4n) is 3.33. The average Bonchev–Trinajstić information content (AvgIpc) is 2.40. The van der Waals surface area contributed by atoms with Crippen molar-refractivity contribution in [2.24, 2.45) is 0 Å². The Morgan fingerprint density at radius 3 is 2.74 bits per heavy atom. The molecule has 2 aliphatic rings. The maximum absolute atomic E-state index is 12.4. The first kappa shape index (κ1) is 14.8. The third-order valence-corrected chi connectivity index (χ3v) is 4.44. The summed E-state index contributed by atoms with van der Waals surface area (Å²) in [6.07, 6.45) is 8.14. The van der Waals surface area contributed by atoms with Gasteiger partial charge in [-0.2, -0.15) is 0 Å². The zero-order valence-electron chi connectivity index (χ0n) is 12.2. The van der Waals surface area contributed by atoms with E-state index in [1.807, 2.05) is 4.90 Å². The Kier molecular flexibility index (Phi) is 5.22. The molecule has 0 radical (unpaired) electrons. The summed E-state index contributed by atoms with van der Waals surface area (Å²) in [4.78, 5) is 14.3. The number of aliphatic hydroxyl groups is 1. The Morgan fingerprint density at radius 2 is 2.05 bits per heavy atom. The second kappa shape index (κ2) is 6.71. The van der Waals surface area contributed by atoms with Crippen molar-refractivity contribution in [3.63, 3.8) is 0 Å². The lowest BCUT2D eigenvalue weighted by atomic mass is 9.84. The van der Waals surface area contributed by atoms with Crippen molar-refractivity contribution < 1.29 is 9.90 Å². The van der Waals surface area contributed by atoms with Crippen molar-refractivity contribution in [1.82, 2.24) is 10.2 Å². The molecule has 0 aromatic rings. The van der Waals surface area contributed by atoms with Crippen LogP contribution in [0.5, 0.6) is 0 Å². The highest BCUT2D eigenvalue weighted by Crippen LogP contribution is 2.29. The van der Waals surface area contributed by atoms with E-state index in [-0.39, 0.29) is 11.9 Å². The third kappa shape index (κ3) is 3.93. The molecule has 4 heteroatoms. The molecule has 1 saturated heterocycles. The number of likely N-dealkylation sites (tertiary alicyclic amines) is 1. The molecule has 2 rings (SSSR count). The van der Waals surface area contributed by atoms with Gasteiger partial charge in [-0.25, -0.2) is 0 Å². The number of β-amino-alcohol motifs (C(OH)–C–C–N with tert-alkyl or cyclic N) is 1. The first-order chi connectivity index (χ1) is 9.14. The molecule has 4 nitrogen and oxygen atoms in total. The fourth-order valence-corrected chi connectivity index (χ4v) is 3.33. The minimum absolute atomic E-state index is 0.0270. The van der Waals surface area contributed by atoms with Gasteiger partial charge in [0.05, 0.1) is 11.6 Å². The van der Waals surface area contributed by atoms with E-state index in [4.69, 9.17) is 0 Å². The predicted octanol–water partition coefficient (Wildman–Crippen LogP) is 1.67. The van der Waals surface area contributed by atoms with Gasteiger partial charge in [-0.05, 0) is 38.6 Å². The Bertz CT molecular complexity index is 301. The number of carbonyl (C=O) groups is 1. The van der Waals surface area contributed by atoms with Crippen LogP contribution in [0.15, 0.2) is 0 Å². The van der Waals surface area contributed by atoms with Crippen LogP contribution in [0, 0.1) is 0 Å². The summed E-state index contributed by atoms with van der Waals surface area (Å²) in [5.41, 5.74) is -0.624. The Labute approximate surface area is 116 Å². The van der Waals surface area contributed by atoms with Gasteiger partial charge >= 0.3 is 0 Å². The van der Waals surface area contributed by atoms with E-state index in [0.29, 0.717) is 6.54 Å². The van der Waals surface area contributed by atoms with Gasteiger partial charge < -0.3 is 15.3 Å². The van der Waals surface area contributed by atoms with E-state index >= 15 is 0 Å². The molecule has 1 heterocycles. The molecule has 0 aromatic carbocycles. The molecule has 2 fully saturated rings. The zero-order valence-corrected chi connectivity index (χ0v) is 12.2. The molecule has 1 aliphatic carbocycles. The number of carbonyl (C=O) groups excluding carboxylic acids is 1. The third-order valence-electron chi connectivity index (χ3n) is 4.44. The van der Waals surface area contributed by atoms with Crippen molar-refractivity contribution in [3.8, 4) is 0 Å². The number of hydrogen-bond acceptors (Lipinski definition) is 3. The Hall–Kier alpha value is -0.610. The Morgan fingerprint density at radius 1 is 1.32 bits per heavy atom. The van der Waals surface area contributed by atoms with Crippen molar-refractivity contribution in [2.75, 3.05) is 19.6 Å². The summed E-state index contributed by atoms with van der Waals surface area (Å²) >= 11 is 0. The summed E-state index contributed by atoms with van der Waals surface area (Å²) in [6, 6.07) is -0.0270. The molecule has 1 aliphatic heterocycles. The number of hydrogen-bond donors (Lipinski definition) is 2. The molecule has 110 valence electrons. The van der Waals surface area contributed by atoms with Crippen LogP contribution in [0.3, 0.4) is 0 Å². The second-order valence-electron chi connectivity index (χ2n) is 6.19. The summed E-state index contributed by atoms with van der Waals surface area (Å²) in [7, 11) is 0. The van der Waals surface area contributed by atoms with Crippen LogP contribution in [-0.2, 0) is 4.79 Å². The molecule has 0 aromatic heterocycles. The first-order valence-electron chi connectivity index (χ1n) is 7.89. The van der Waals surface area contributed by atoms with Gasteiger partial charge in [0.25, 0.3) is 0 Å². The van der Waals surface area contributed by atoms with Crippen LogP contribution < -0.4 is 5.32 Å². The molecular weight excluding hydrogens is 240 g/mol. The van der Waals surface area contributed by atoms with Crippen LogP contribution in [0.1, 0.15) is 58.3 Å². The normalized spacial score (nSPS) is 27.6. The SMILES string of the molecule is CCCNC1CCCN(CC2(O)CCCCC2)C1=O. The van der Waals surface area contributed by atoms with Crippen LogP contribution in [0.4, 0.5) is 0 Å². The molecule has 19 heavy (non-hydrogen) atoms.